The van der Waals surface area contributed by atoms with Gasteiger partial charge in [-0.15, -0.1) is 0 Å². The molecule has 186 valence electrons. The molecular formula is C26H30FN3O5. The summed E-state index contributed by atoms with van der Waals surface area (Å²) in [5.74, 6) is 0.348. The van der Waals surface area contributed by atoms with E-state index >= 15 is 0 Å². The van der Waals surface area contributed by atoms with E-state index in [1.807, 2.05) is 11.0 Å². The van der Waals surface area contributed by atoms with Gasteiger partial charge < -0.3 is 30.1 Å². The lowest BCUT2D eigenvalue weighted by atomic mass is 9.84. The Morgan fingerprint density at radius 3 is 2.49 bits per heavy atom. The highest BCUT2D eigenvalue weighted by Gasteiger charge is 2.46. The van der Waals surface area contributed by atoms with Gasteiger partial charge in [0.25, 0.3) is 0 Å². The van der Waals surface area contributed by atoms with Crippen LogP contribution >= 0.6 is 0 Å². The Labute approximate surface area is 203 Å². The van der Waals surface area contributed by atoms with Crippen molar-refractivity contribution in [2.24, 2.45) is 0 Å². The van der Waals surface area contributed by atoms with Gasteiger partial charge >= 0.3 is 6.03 Å². The highest BCUT2D eigenvalue weighted by molar-refractivity contribution is 5.99. The standard InChI is InChI=1S/C26H30FN3O5/c27-16-4-6-17(7-5-16)28-26(33)29-18-8-9-22-20(12-18)21-13-19(34-23(15-31)25(21)35-22)14-24(32)30-10-2-1-3-11-30/h4-9,12,19,21,23,25,31H,1-3,10-11,13-15H2,(H2,28,29,33)/t19-,21+,23+,25-/m1/s1. The Morgan fingerprint density at radius 2 is 1.74 bits per heavy atom. The summed E-state index contributed by atoms with van der Waals surface area (Å²) in [5.41, 5.74) is 1.98. The third-order valence-electron chi connectivity index (χ3n) is 6.97. The predicted octanol–water partition coefficient (Wildman–Crippen LogP) is 3.87. The molecule has 0 saturated carbocycles. The molecule has 0 aromatic heterocycles. The number of anilines is 2. The minimum Gasteiger partial charge on any atom is -0.487 e. The summed E-state index contributed by atoms with van der Waals surface area (Å²) in [5, 5.41) is 15.4. The lowest BCUT2D eigenvalue weighted by molar-refractivity contribution is -0.149. The number of carbonyl (C=O) groups is 2. The zero-order chi connectivity index (χ0) is 24.4. The molecule has 3 aliphatic heterocycles. The first-order chi connectivity index (χ1) is 17.0. The molecule has 2 saturated heterocycles. The second-order valence-corrected chi connectivity index (χ2v) is 9.39. The molecule has 8 nitrogen and oxygen atoms in total. The van der Waals surface area contributed by atoms with Gasteiger partial charge in [0.1, 0.15) is 23.8 Å². The van der Waals surface area contributed by atoms with Gasteiger partial charge in [-0.2, -0.15) is 0 Å². The highest BCUT2D eigenvalue weighted by Crippen LogP contribution is 2.47. The summed E-state index contributed by atoms with van der Waals surface area (Å²) < 4.78 is 25.3. The van der Waals surface area contributed by atoms with E-state index in [0.29, 0.717) is 23.5 Å². The summed E-state index contributed by atoms with van der Waals surface area (Å²) in [4.78, 5) is 27.2. The van der Waals surface area contributed by atoms with Crippen LogP contribution in [-0.4, -0.2) is 60.0 Å². The van der Waals surface area contributed by atoms with Crippen LogP contribution < -0.4 is 15.4 Å². The molecule has 0 radical (unpaired) electrons. The van der Waals surface area contributed by atoms with Gasteiger partial charge in [0.15, 0.2) is 0 Å². The van der Waals surface area contributed by atoms with Crippen LogP contribution in [0.5, 0.6) is 5.75 Å². The van der Waals surface area contributed by atoms with Crippen molar-refractivity contribution in [3.05, 3.63) is 53.8 Å². The lowest BCUT2D eigenvalue weighted by Crippen LogP contribution is -2.48. The zero-order valence-corrected chi connectivity index (χ0v) is 19.4. The van der Waals surface area contributed by atoms with Crippen molar-refractivity contribution in [2.75, 3.05) is 30.3 Å². The molecule has 3 N–H and O–H groups in total. The topological polar surface area (TPSA) is 100 Å². The van der Waals surface area contributed by atoms with Crippen molar-refractivity contribution in [3.63, 3.8) is 0 Å². The molecule has 0 aliphatic carbocycles. The van der Waals surface area contributed by atoms with Crippen LogP contribution in [0.2, 0.25) is 0 Å². The number of benzene rings is 2. The third-order valence-corrected chi connectivity index (χ3v) is 6.97. The number of nitrogens with zero attached hydrogens (tertiary/aromatic N) is 1. The van der Waals surface area contributed by atoms with Gasteiger partial charge in [-0.25, -0.2) is 9.18 Å². The van der Waals surface area contributed by atoms with Crippen LogP contribution in [-0.2, 0) is 9.53 Å². The molecule has 3 heterocycles. The van der Waals surface area contributed by atoms with Crippen molar-refractivity contribution in [1.29, 1.82) is 0 Å². The minimum absolute atomic E-state index is 0.0584. The average molecular weight is 484 g/mol. The first-order valence-corrected chi connectivity index (χ1v) is 12.2. The zero-order valence-electron chi connectivity index (χ0n) is 19.4. The largest absolute Gasteiger partial charge is 0.487 e. The summed E-state index contributed by atoms with van der Waals surface area (Å²) in [6, 6.07) is 10.5. The van der Waals surface area contributed by atoms with Crippen molar-refractivity contribution < 1.29 is 28.6 Å². The Hall–Kier alpha value is -3.17. The molecule has 3 aliphatic rings. The maximum atomic E-state index is 13.1. The fraction of sp³-hybridized carbons (Fsp3) is 0.462. The van der Waals surface area contributed by atoms with Gasteiger partial charge in [-0.1, -0.05) is 0 Å². The minimum atomic E-state index is -0.529. The molecule has 2 fully saturated rings. The fourth-order valence-corrected chi connectivity index (χ4v) is 5.26. The van der Waals surface area contributed by atoms with Gasteiger partial charge in [0, 0.05) is 35.9 Å². The number of fused-ring (bicyclic) bond motifs is 3. The average Bonchev–Trinajstić information content (AvgIpc) is 3.23. The van der Waals surface area contributed by atoms with Crippen LogP contribution in [0.1, 0.15) is 43.6 Å². The number of halogens is 1. The monoisotopic (exact) mass is 483 g/mol. The number of rotatable bonds is 5. The molecule has 0 unspecified atom stereocenters. The van der Waals surface area contributed by atoms with Crippen LogP contribution in [0.25, 0.3) is 0 Å². The third kappa shape index (κ3) is 5.26. The molecule has 4 atom stereocenters. The number of aliphatic hydroxyl groups is 1. The summed E-state index contributed by atoms with van der Waals surface area (Å²) in [6.07, 6.45) is 2.92. The number of nitrogens with one attached hydrogen (secondary N) is 2. The van der Waals surface area contributed by atoms with Gasteiger partial charge in [-0.05, 0) is 68.1 Å². The first kappa shape index (κ1) is 23.6. The van der Waals surface area contributed by atoms with E-state index in [1.165, 1.54) is 24.3 Å². The van der Waals surface area contributed by atoms with Crippen LogP contribution in [0.15, 0.2) is 42.5 Å². The van der Waals surface area contributed by atoms with Crippen LogP contribution in [0, 0.1) is 5.82 Å². The molecular weight excluding hydrogens is 453 g/mol. The van der Waals surface area contributed by atoms with Crippen molar-refractivity contribution in [1.82, 2.24) is 4.90 Å². The molecule has 35 heavy (non-hydrogen) atoms. The quantitative estimate of drug-likeness (QED) is 0.600. The number of hydrogen-bond acceptors (Lipinski definition) is 5. The van der Waals surface area contributed by atoms with E-state index < -0.39 is 12.1 Å². The normalized spacial score (nSPS) is 25.3. The van der Waals surface area contributed by atoms with Crippen molar-refractivity contribution in [3.8, 4) is 5.75 Å². The summed E-state index contributed by atoms with van der Waals surface area (Å²) in [6.45, 7) is 1.39. The van der Waals surface area contributed by atoms with Crippen molar-refractivity contribution in [2.45, 2.75) is 56.3 Å². The molecule has 5 rings (SSSR count). The number of ether oxygens (including phenoxy) is 2. The second-order valence-electron chi connectivity index (χ2n) is 9.39. The van der Waals surface area contributed by atoms with Gasteiger partial charge in [-0.3, -0.25) is 4.79 Å². The lowest BCUT2D eigenvalue weighted by Gasteiger charge is -2.38. The second kappa shape index (κ2) is 10.2. The number of urea groups is 1. The maximum Gasteiger partial charge on any atom is 0.323 e. The van der Waals surface area contributed by atoms with Gasteiger partial charge in [0.05, 0.1) is 19.1 Å². The summed E-state index contributed by atoms with van der Waals surface area (Å²) in [7, 11) is 0. The van der Waals surface area contributed by atoms with Crippen LogP contribution in [0.3, 0.4) is 0 Å². The summed E-state index contributed by atoms with van der Waals surface area (Å²) >= 11 is 0. The van der Waals surface area contributed by atoms with E-state index in [1.54, 1.807) is 12.1 Å². The van der Waals surface area contributed by atoms with E-state index in [9.17, 15) is 19.1 Å². The molecule has 0 spiro atoms. The SMILES string of the molecule is O=C(Nc1ccc(F)cc1)Nc1ccc2c(c1)[C@@H]1C[C@H](CC(=O)N3CCCCC3)O[C@@H](CO)[C@@H]1O2. The Morgan fingerprint density at radius 1 is 1.03 bits per heavy atom. The Bertz CT molecular complexity index is 1070. The number of aliphatic hydroxyl groups excluding tert-OH is 1. The van der Waals surface area contributed by atoms with E-state index in [4.69, 9.17) is 9.47 Å². The molecule has 2 aromatic rings. The van der Waals surface area contributed by atoms with Gasteiger partial charge in [0.2, 0.25) is 5.91 Å². The Kier molecular flexibility index (Phi) is 6.88. The Balaban J connectivity index is 1.27. The molecule has 3 amide bonds. The number of amides is 3. The van der Waals surface area contributed by atoms with Crippen molar-refractivity contribution >= 4 is 23.3 Å². The fourth-order valence-electron chi connectivity index (χ4n) is 5.26. The smallest absolute Gasteiger partial charge is 0.323 e. The van der Waals surface area contributed by atoms with Crippen LogP contribution in [0.4, 0.5) is 20.6 Å². The highest BCUT2D eigenvalue weighted by atomic mass is 19.1. The molecule has 9 heteroatoms. The van der Waals surface area contributed by atoms with E-state index in [0.717, 1.165) is 37.9 Å². The molecule has 2 aromatic carbocycles. The maximum absolute atomic E-state index is 13.1. The van der Waals surface area contributed by atoms with E-state index in [-0.39, 0.29) is 42.9 Å². The molecule has 0 bridgehead atoms. The predicted molar refractivity (Wildman–Crippen MR) is 128 cm³/mol. The van der Waals surface area contributed by atoms with E-state index in [2.05, 4.69) is 10.6 Å². The number of carbonyl (C=O) groups excluding carboxylic acids is 2. The number of piperidine rings is 1. The number of hydrogen-bond donors (Lipinski definition) is 3. The first-order valence-electron chi connectivity index (χ1n) is 12.2. The number of likely N-dealkylation sites (tertiary alicyclic amines) is 1.